The van der Waals surface area contributed by atoms with Crippen molar-refractivity contribution in [3.05, 3.63) is 35.2 Å². The van der Waals surface area contributed by atoms with Gasteiger partial charge < -0.3 is 24.4 Å². The van der Waals surface area contributed by atoms with Crippen LogP contribution in [0.3, 0.4) is 0 Å². The SMILES string of the molecule is CCOc1ccnc(CS(=O)c2nc3cc(C)c(OC)nc3[n-]2)c1C.[Na+]. The number of methoxy groups -OCH3 is 1. The number of ether oxygens (including phenoxy) is 2. The molecule has 132 valence electrons. The predicted octanol–water partition coefficient (Wildman–Crippen LogP) is -0.682. The van der Waals surface area contributed by atoms with Gasteiger partial charge in [0.25, 0.3) is 0 Å². The molecule has 0 fully saturated rings. The Bertz CT molecular complexity index is 945. The van der Waals surface area contributed by atoms with E-state index in [2.05, 4.69) is 19.9 Å². The molecule has 0 spiro atoms. The maximum Gasteiger partial charge on any atom is 1.00 e. The Labute approximate surface area is 176 Å². The van der Waals surface area contributed by atoms with E-state index in [1.807, 2.05) is 26.8 Å². The fourth-order valence-electron chi connectivity index (χ4n) is 2.47. The molecule has 0 saturated carbocycles. The molecule has 3 aromatic heterocycles. The number of imidazole rings is 1. The summed E-state index contributed by atoms with van der Waals surface area (Å²) in [6.45, 7) is 6.27. The van der Waals surface area contributed by atoms with E-state index in [1.54, 1.807) is 19.4 Å². The van der Waals surface area contributed by atoms with Gasteiger partial charge in [0, 0.05) is 22.9 Å². The van der Waals surface area contributed by atoms with E-state index < -0.39 is 10.8 Å². The van der Waals surface area contributed by atoms with Gasteiger partial charge in [-0.3, -0.25) is 9.19 Å². The van der Waals surface area contributed by atoms with Gasteiger partial charge in [-0.25, -0.2) is 0 Å². The van der Waals surface area contributed by atoms with Gasteiger partial charge in [-0.1, -0.05) is 0 Å². The van der Waals surface area contributed by atoms with Crippen LogP contribution in [0.2, 0.25) is 0 Å². The Kier molecular flexibility index (Phi) is 7.16. The molecular weight excluding hydrogens is 363 g/mol. The van der Waals surface area contributed by atoms with Crippen LogP contribution in [0.4, 0.5) is 0 Å². The van der Waals surface area contributed by atoms with Gasteiger partial charge in [0.1, 0.15) is 11.6 Å². The molecule has 3 aromatic rings. The number of hydrogen-bond donors (Lipinski definition) is 0. The van der Waals surface area contributed by atoms with E-state index in [4.69, 9.17) is 9.47 Å². The first-order chi connectivity index (χ1) is 12.0. The number of hydrogen-bond acceptors (Lipinski definition) is 6. The number of aromatic nitrogens is 4. The molecule has 7 nitrogen and oxygen atoms in total. The Morgan fingerprint density at radius 2 is 2.04 bits per heavy atom. The Morgan fingerprint density at radius 3 is 2.73 bits per heavy atom. The minimum absolute atomic E-state index is 0. The van der Waals surface area contributed by atoms with Gasteiger partial charge in [0.05, 0.1) is 41.1 Å². The van der Waals surface area contributed by atoms with Crippen LogP contribution in [0.1, 0.15) is 23.7 Å². The number of fused-ring (bicyclic) bond motifs is 1. The third-order valence-corrected chi connectivity index (χ3v) is 4.89. The average Bonchev–Trinajstić information content (AvgIpc) is 3.00. The first kappa shape index (κ1) is 20.8. The van der Waals surface area contributed by atoms with Gasteiger partial charge in [-0.15, -0.1) is 0 Å². The molecule has 0 aliphatic rings. The smallest absolute Gasteiger partial charge is 0.493 e. The van der Waals surface area contributed by atoms with Crippen molar-refractivity contribution in [3.63, 3.8) is 0 Å². The molecule has 0 aliphatic heterocycles. The molecule has 0 aliphatic carbocycles. The van der Waals surface area contributed by atoms with Crippen LogP contribution >= 0.6 is 0 Å². The molecule has 0 N–H and O–H groups in total. The van der Waals surface area contributed by atoms with Crippen LogP contribution in [-0.2, 0) is 16.6 Å². The molecule has 0 aromatic carbocycles. The van der Waals surface area contributed by atoms with Gasteiger partial charge in [-0.05, 0) is 38.5 Å². The predicted molar refractivity (Wildman–Crippen MR) is 94.4 cm³/mol. The zero-order chi connectivity index (χ0) is 18.0. The third kappa shape index (κ3) is 4.25. The van der Waals surface area contributed by atoms with Crippen LogP contribution < -0.4 is 44.0 Å². The van der Waals surface area contributed by atoms with Gasteiger partial charge in [0.2, 0.25) is 0 Å². The Hall–Kier alpha value is -1.48. The van der Waals surface area contributed by atoms with Crippen LogP contribution in [0, 0.1) is 13.8 Å². The second-order valence-corrected chi connectivity index (χ2v) is 6.81. The van der Waals surface area contributed by atoms with E-state index in [0.29, 0.717) is 29.3 Å². The number of aryl methyl sites for hydroxylation is 1. The third-order valence-electron chi connectivity index (χ3n) is 3.77. The normalized spacial score (nSPS) is 11.8. The zero-order valence-corrected chi connectivity index (χ0v) is 18.4. The minimum atomic E-state index is -1.43. The van der Waals surface area contributed by atoms with Crippen molar-refractivity contribution in [1.82, 2.24) is 19.9 Å². The van der Waals surface area contributed by atoms with Crippen molar-refractivity contribution in [2.24, 2.45) is 0 Å². The standard InChI is InChI=1S/C17H19N4O3S.Na/c1-5-24-14-6-7-18-13(11(14)3)9-25(22)17-19-12-8-10(2)16(23-4)20-15(12)21-17;/h6-8H,5,9H2,1-4H3;/q-1;+1. The van der Waals surface area contributed by atoms with Gasteiger partial charge in [-0.2, -0.15) is 0 Å². The molecule has 26 heavy (non-hydrogen) atoms. The van der Waals surface area contributed by atoms with E-state index >= 15 is 0 Å². The molecule has 3 heterocycles. The first-order valence-electron chi connectivity index (χ1n) is 7.85. The average molecular weight is 382 g/mol. The summed E-state index contributed by atoms with van der Waals surface area (Å²) < 4.78 is 23.4. The summed E-state index contributed by atoms with van der Waals surface area (Å²) in [5.41, 5.74) is 3.48. The van der Waals surface area contributed by atoms with Crippen molar-refractivity contribution >= 4 is 22.0 Å². The van der Waals surface area contributed by atoms with Crippen molar-refractivity contribution in [3.8, 4) is 11.6 Å². The quantitative estimate of drug-likeness (QED) is 0.522. The number of pyridine rings is 2. The zero-order valence-electron chi connectivity index (χ0n) is 15.6. The monoisotopic (exact) mass is 382 g/mol. The maximum absolute atomic E-state index is 12.7. The van der Waals surface area contributed by atoms with Crippen LogP contribution in [0.25, 0.3) is 11.2 Å². The topological polar surface area (TPSA) is 88.3 Å². The molecule has 0 amide bonds. The summed E-state index contributed by atoms with van der Waals surface area (Å²) >= 11 is 0. The largest absolute Gasteiger partial charge is 1.00 e. The fourth-order valence-corrected chi connectivity index (χ4v) is 3.53. The molecule has 3 rings (SSSR count). The molecule has 1 unspecified atom stereocenters. The molecule has 0 bridgehead atoms. The summed E-state index contributed by atoms with van der Waals surface area (Å²) in [4.78, 5) is 17.2. The van der Waals surface area contributed by atoms with Crippen LogP contribution in [0.5, 0.6) is 11.6 Å². The molecule has 9 heteroatoms. The van der Waals surface area contributed by atoms with Crippen molar-refractivity contribution in [2.45, 2.75) is 31.7 Å². The van der Waals surface area contributed by atoms with E-state index in [9.17, 15) is 4.21 Å². The summed E-state index contributed by atoms with van der Waals surface area (Å²) in [5.74, 6) is 1.46. The van der Waals surface area contributed by atoms with Crippen molar-refractivity contribution in [2.75, 3.05) is 13.7 Å². The minimum Gasteiger partial charge on any atom is -0.493 e. The summed E-state index contributed by atoms with van der Waals surface area (Å²) in [7, 11) is 0.126. The fraction of sp³-hybridized carbons (Fsp3) is 0.353. The van der Waals surface area contributed by atoms with Gasteiger partial charge in [0.15, 0.2) is 0 Å². The summed E-state index contributed by atoms with van der Waals surface area (Å²) in [5, 5.41) is 0.248. The first-order valence-corrected chi connectivity index (χ1v) is 9.17. The second-order valence-electron chi connectivity index (χ2n) is 5.47. The number of rotatable bonds is 6. The van der Waals surface area contributed by atoms with Crippen molar-refractivity contribution in [1.29, 1.82) is 0 Å². The molecule has 0 radical (unpaired) electrons. The Balaban J connectivity index is 0.00000243. The molecular formula is C17H19N4NaO3S. The van der Waals surface area contributed by atoms with Crippen molar-refractivity contribution < 1.29 is 43.2 Å². The van der Waals surface area contributed by atoms with E-state index in [1.165, 1.54) is 0 Å². The number of nitrogens with zero attached hydrogens (tertiary/aromatic N) is 4. The van der Waals surface area contributed by atoms with Gasteiger partial charge >= 0.3 is 29.6 Å². The van der Waals surface area contributed by atoms with E-state index in [0.717, 1.165) is 16.9 Å². The second kappa shape index (κ2) is 8.94. The molecule has 0 saturated heterocycles. The Morgan fingerprint density at radius 1 is 1.27 bits per heavy atom. The summed E-state index contributed by atoms with van der Waals surface area (Å²) in [6.07, 6.45) is 1.66. The van der Waals surface area contributed by atoms with Crippen LogP contribution in [-0.4, -0.2) is 32.9 Å². The van der Waals surface area contributed by atoms with Crippen LogP contribution in [0.15, 0.2) is 23.5 Å². The molecule has 1 atom stereocenters. The maximum atomic E-state index is 12.7. The van der Waals surface area contributed by atoms with E-state index in [-0.39, 0.29) is 40.5 Å². The summed E-state index contributed by atoms with van der Waals surface area (Å²) in [6, 6.07) is 3.63.